The maximum Gasteiger partial charge on any atom is 0.160 e. The zero-order valence-electron chi connectivity index (χ0n) is 29.7. The van der Waals surface area contributed by atoms with Gasteiger partial charge in [-0.25, -0.2) is 9.97 Å². The molecule has 0 fully saturated rings. The molecule has 2 aromatic heterocycles. The lowest BCUT2D eigenvalue weighted by molar-refractivity contribution is 0.661. The molecule has 3 heterocycles. The van der Waals surface area contributed by atoms with Crippen molar-refractivity contribution in [2.75, 3.05) is 0 Å². The van der Waals surface area contributed by atoms with Crippen molar-refractivity contribution >= 4 is 45.3 Å². The quantitative estimate of drug-likeness (QED) is 0.181. The Hall–Kier alpha value is -5.88. The van der Waals surface area contributed by atoms with Crippen molar-refractivity contribution in [3.05, 3.63) is 175 Å². The molecular weight excluding hydrogens is 695 g/mol. The molecule has 0 radical (unpaired) electrons. The van der Waals surface area contributed by atoms with E-state index in [1.54, 1.807) is 0 Å². The smallest absolute Gasteiger partial charge is 0.160 e. The fourth-order valence-corrected chi connectivity index (χ4v) is 10.8. The van der Waals surface area contributed by atoms with Gasteiger partial charge in [0, 0.05) is 53.3 Å². The Balaban J connectivity index is 1.17. The van der Waals surface area contributed by atoms with Crippen LogP contribution in [0.1, 0.15) is 25.0 Å². The van der Waals surface area contributed by atoms with E-state index in [4.69, 9.17) is 9.97 Å². The van der Waals surface area contributed by atoms with Crippen LogP contribution in [0, 0.1) is 0 Å². The van der Waals surface area contributed by atoms with Gasteiger partial charge in [-0.05, 0) is 70.8 Å². The van der Waals surface area contributed by atoms with E-state index < -0.39 is 0 Å². The summed E-state index contributed by atoms with van der Waals surface area (Å²) in [5.74, 6) is 0.715. The van der Waals surface area contributed by atoms with Crippen LogP contribution in [0.15, 0.2) is 183 Å². The number of aromatic nitrogens is 3. The zero-order valence-corrected chi connectivity index (χ0v) is 31.4. The second-order valence-electron chi connectivity index (χ2n) is 14.6. The molecule has 1 aliphatic carbocycles. The molecule has 0 N–H and O–H groups in total. The molecule has 54 heavy (non-hydrogen) atoms. The van der Waals surface area contributed by atoms with E-state index in [1.165, 1.54) is 63.6 Å². The highest BCUT2D eigenvalue weighted by molar-refractivity contribution is 8.05. The molecule has 1 aliphatic heterocycles. The lowest BCUT2D eigenvalue weighted by Crippen LogP contribution is -2.14. The molecule has 0 spiro atoms. The molecule has 0 amide bonds. The topological polar surface area (TPSA) is 30.7 Å². The van der Waals surface area contributed by atoms with Crippen molar-refractivity contribution in [2.45, 2.75) is 38.8 Å². The minimum atomic E-state index is -0.0911. The van der Waals surface area contributed by atoms with Gasteiger partial charge in [0.05, 0.1) is 27.3 Å². The van der Waals surface area contributed by atoms with E-state index in [1.807, 2.05) is 47.8 Å². The molecule has 2 aliphatic rings. The van der Waals surface area contributed by atoms with Crippen LogP contribution in [0.4, 0.5) is 0 Å². The van der Waals surface area contributed by atoms with Gasteiger partial charge < -0.3 is 4.57 Å². The SMILES string of the molecule is CC1(C)c2ccccc2-c2cc3c(cc21)c1ccc2c(c1n3-c1cccc(-c3cc(-c4ccccc4)nc(-c4ccccc4)n3)c1)Sc1ccccc1S2. The first-order chi connectivity index (χ1) is 26.5. The number of nitrogens with zero attached hydrogens (tertiary/aromatic N) is 3. The summed E-state index contributed by atoms with van der Waals surface area (Å²) in [5, 5.41) is 2.55. The maximum absolute atomic E-state index is 5.20. The summed E-state index contributed by atoms with van der Waals surface area (Å²) in [5.41, 5.74) is 13.8. The predicted octanol–water partition coefficient (Wildman–Crippen LogP) is 13.5. The van der Waals surface area contributed by atoms with Gasteiger partial charge in [0.15, 0.2) is 5.82 Å². The summed E-state index contributed by atoms with van der Waals surface area (Å²) < 4.78 is 2.51. The average molecular weight is 728 g/mol. The average Bonchev–Trinajstić information content (AvgIpc) is 3.68. The normalized spacial score (nSPS) is 13.7. The number of fused-ring (bicyclic) bond motifs is 9. The van der Waals surface area contributed by atoms with Gasteiger partial charge in [-0.1, -0.05) is 153 Å². The summed E-state index contributed by atoms with van der Waals surface area (Å²) in [6.45, 7) is 4.74. The lowest BCUT2D eigenvalue weighted by atomic mass is 9.82. The first kappa shape index (κ1) is 31.6. The third kappa shape index (κ3) is 4.85. The van der Waals surface area contributed by atoms with Crippen LogP contribution in [0.3, 0.4) is 0 Å². The van der Waals surface area contributed by atoms with Gasteiger partial charge in [-0.3, -0.25) is 0 Å². The lowest BCUT2D eigenvalue weighted by Gasteiger charge is -2.21. The van der Waals surface area contributed by atoms with Gasteiger partial charge in [-0.2, -0.15) is 0 Å². The maximum atomic E-state index is 5.20. The van der Waals surface area contributed by atoms with Gasteiger partial charge in [0.1, 0.15) is 0 Å². The predicted molar refractivity (Wildman–Crippen MR) is 225 cm³/mol. The van der Waals surface area contributed by atoms with Crippen LogP contribution >= 0.6 is 23.5 Å². The fourth-order valence-electron chi connectivity index (χ4n) is 8.42. The Morgan fingerprint density at radius 1 is 0.481 bits per heavy atom. The molecule has 0 bridgehead atoms. The van der Waals surface area contributed by atoms with E-state index >= 15 is 0 Å². The minimum absolute atomic E-state index is 0.0911. The molecule has 0 unspecified atom stereocenters. The summed E-state index contributed by atoms with van der Waals surface area (Å²) in [6, 6.07) is 59.0. The number of benzene rings is 7. The highest BCUT2D eigenvalue weighted by atomic mass is 32.2. The molecule has 0 saturated carbocycles. The molecule has 256 valence electrons. The minimum Gasteiger partial charge on any atom is -0.308 e. The molecule has 5 heteroatoms. The summed E-state index contributed by atoms with van der Waals surface area (Å²) >= 11 is 3.76. The van der Waals surface area contributed by atoms with Gasteiger partial charge in [-0.15, -0.1) is 0 Å². The molecule has 0 saturated heterocycles. The largest absolute Gasteiger partial charge is 0.308 e. The summed E-state index contributed by atoms with van der Waals surface area (Å²) in [4.78, 5) is 15.5. The summed E-state index contributed by atoms with van der Waals surface area (Å²) in [7, 11) is 0. The van der Waals surface area contributed by atoms with Crippen LogP contribution in [-0.2, 0) is 5.41 Å². The van der Waals surface area contributed by atoms with E-state index in [2.05, 4.69) is 158 Å². The van der Waals surface area contributed by atoms with Crippen LogP contribution < -0.4 is 0 Å². The van der Waals surface area contributed by atoms with Crippen LogP contribution in [-0.4, -0.2) is 14.5 Å². The van der Waals surface area contributed by atoms with Crippen molar-refractivity contribution in [3.63, 3.8) is 0 Å². The number of rotatable bonds is 4. The Labute approximate surface area is 322 Å². The van der Waals surface area contributed by atoms with E-state index in [-0.39, 0.29) is 5.41 Å². The van der Waals surface area contributed by atoms with Gasteiger partial charge in [0.2, 0.25) is 0 Å². The monoisotopic (exact) mass is 727 g/mol. The van der Waals surface area contributed by atoms with E-state index in [0.717, 1.165) is 33.8 Å². The van der Waals surface area contributed by atoms with Crippen molar-refractivity contribution in [3.8, 4) is 50.7 Å². The highest BCUT2D eigenvalue weighted by Gasteiger charge is 2.36. The zero-order chi connectivity index (χ0) is 36.0. The van der Waals surface area contributed by atoms with Crippen molar-refractivity contribution < 1.29 is 0 Å². The first-order valence-electron chi connectivity index (χ1n) is 18.3. The van der Waals surface area contributed by atoms with E-state index in [9.17, 15) is 0 Å². The molecule has 9 aromatic rings. The van der Waals surface area contributed by atoms with Crippen molar-refractivity contribution in [1.82, 2.24) is 14.5 Å². The molecule has 0 atom stereocenters. The van der Waals surface area contributed by atoms with Gasteiger partial charge in [0.25, 0.3) is 0 Å². The Morgan fingerprint density at radius 3 is 1.94 bits per heavy atom. The van der Waals surface area contributed by atoms with Crippen molar-refractivity contribution in [2.24, 2.45) is 0 Å². The van der Waals surface area contributed by atoms with Crippen LogP contribution in [0.25, 0.3) is 72.5 Å². The highest BCUT2D eigenvalue weighted by Crippen LogP contribution is 2.55. The summed E-state index contributed by atoms with van der Waals surface area (Å²) in [6.07, 6.45) is 0. The van der Waals surface area contributed by atoms with Crippen LogP contribution in [0.2, 0.25) is 0 Å². The second-order valence-corrected chi connectivity index (χ2v) is 16.7. The third-order valence-electron chi connectivity index (χ3n) is 11.1. The second kappa shape index (κ2) is 12.1. The molecule has 11 rings (SSSR count). The van der Waals surface area contributed by atoms with Gasteiger partial charge >= 0.3 is 0 Å². The number of hydrogen-bond acceptors (Lipinski definition) is 4. The van der Waals surface area contributed by atoms with Crippen LogP contribution in [0.5, 0.6) is 0 Å². The molecule has 7 aromatic carbocycles. The third-order valence-corrected chi connectivity index (χ3v) is 13.6. The molecular formula is C49H33N3S2. The Bertz CT molecular complexity index is 2910. The standard InChI is InChI=1S/C49H33N3S2/c1-49(2)38-21-10-9-20-34(38)36-28-42-37(27-39(36)49)35-24-25-45-47(54-44-23-12-11-22-43(44)53-45)46(35)52(42)33-19-13-18-32(26-33)41-29-40(30-14-5-3-6-15-30)50-48(51-41)31-16-7-4-8-17-31/h3-29H,1-2H3. The molecule has 3 nitrogen and oxygen atoms in total. The fraction of sp³-hybridized carbons (Fsp3) is 0.0612. The number of hydrogen-bond donors (Lipinski definition) is 0. The van der Waals surface area contributed by atoms with Crippen molar-refractivity contribution in [1.29, 1.82) is 0 Å². The van der Waals surface area contributed by atoms with E-state index in [0.29, 0.717) is 5.82 Å². The first-order valence-corrected chi connectivity index (χ1v) is 20.0. The Morgan fingerprint density at radius 2 is 1.15 bits per heavy atom. The Kier molecular flexibility index (Phi) is 7.07.